The van der Waals surface area contributed by atoms with Gasteiger partial charge in [0.25, 0.3) is 5.91 Å². The minimum Gasteiger partial charge on any atom is -0.327 e. The van der Waals surface area contributed by atoms with Gasteiger partial charge in [-0.2, -0.15) is 0 Å². The van der Waals surface area contributed by atoms with E-state index in [1.165, 1.54) is 0 Å². The van der Waals surface area contributed by atoms with E-state index in [0.29, 0.717) is 24.6 Å². The van der Waals surface area contributed by atoms with E-state index in [-0.39, 0.29) is 5.91 Å². The highest BCUT2D eigenvalue weighted by Gasteiger charge is 2.16. The second-order valence-corrected chi connectivity index (χ2v) is 6.67. The lowest BCUT2D eigenvalue weighted by Crippen LogP contribution is -2.34. The first kappa shape index (κ1) is 18.4. The molecule has 5 nitrogen and oxygen atoms in total. The molecule has 0 spiro atoms. The van der Waals surface area contributed by atoms with Gasteiger partial charge in [-0.3, -0.25) is 9.36 Å². The summed E-state index contributed by atoms with van der Waals surface area (Å²) in [6.45, 7) is 5.24. The molecule has 3 aromatic rings. The molecule has 0 bridgehead atoms. The van der Waals surface area contributed by atoms with Crippen LogP contribution in [0.25, 0.3) is 5.69 Å². The van der Waals surface area contributed by atoms with Crippen LogP contribution in [0.3, 0.4) is 0 Å². The molecule has 0 aliphatic rings. The van der Waals surface area contributed by atoms with Crippen LogP contribution >= 0.6 is 0 Å². The molecule has 2 aromatic carbocycles. The third-order valence-corrected chi connectivity index (χ3v) is 3.96. The van der Waals surface area contributed by atoms with Crippen LogP contribution in [0.15, 0.2) is 67.3 Å². The van der Waals surface area contributed by atoms with Crippen LogP contribution in [0, 0.1) is 17.8 Å². The first-order chi connectivity index (χ1) is 13.1. The minimum absolute atomic E-state index is 0.0269. The fourth-order valence-corrected chi connectivity index (χ4v) is 2.73. The fraction of sp³-hybridized carbons (Fsp3) is 0.227. The summed E-state index contributed by atoms with van der Waals surface area (Å²) in [4.78, 5) is 14.9. The van der Waals surface area contributed by atoms with Crippen molar-refractivity contribution >= 4 is 5.91 Å². The first-order valence-electron chi connectivity index (χ1n) is 8.92. The molecule has 0 saturated heterocycles. The minimum atomic E-state index is -0.0269. The van der Waals surface area contributed by atoms with E-state index in [2.05, 4.69) is 35.9 Å². The molecule has 0 saturated carbocycles. The van der Waals surface area contributed by atoms with Gasteiger partial charge in [0.1, 0.15) is 12.7 Å². The number of carbonyl (C=O) groups excluding carboxylic acids is 1. The van der Waals surface area contributed by atoms with Crippen molar-refractivity contribution in [3.05, 3.63) is 78.4 Å². The molecule has 1 heterocycles. The molecule has 0 fully saturated rings. The SMILES string of the molecule is CC(C)CN(CC#Cc1ccccc1)C(=O)c1cccc(-n2cnnc2)c1. The van der Waals surface area contributed by atoms with E-state index < -0.39 is 0 Å². The molecule has 1 aromatic heterocycles. The van der Waals surface area contributed by atoms with Gasteiger partial charge in [-0.1, -0.05) is 50.0 Å². The van der Waals surface area contributed by atoms with E-state index in [4.69, 9.17) is 0 Å². The van der Waals surface area contributed by atoms with Gasteiger partial charge in [-0.15, -0.1) is 10.2 Å². The number of benzene rings is 2. The maximum Gasteiger partial charge on any atom is 0.254 e. The number of hydrogen-bond acceptors (Lipinski definition) is 3. The number of amides is 1. The Morgan fingerprint density at radius 3 is 2.52 bits per heavy atom. The third kappa shape index (κ3) is 5.05. The van der Waals surface area contributed by atoms with Crippen LogP contribution in [-0.4, -0.2) is 38.7 Å². The Kier molecular flexibility index (Phi) is 6.01. The average Bonchev–Trinajstić information content (AvgIpc) is 3.22. The van der Waals surface area contributed by atoms with Crippen LogP contribution < -0.4 is 0 Å². The predicted molar refractivity (Wildman–Crippen MR) is 105 cm³/mol. The van der Waals surface area contributed by atoms with Crippen molar-refractivity contribution in [3.63, 3.8) is 0 Å². The summed E-state index contributed by atoms with van der Waals surface area (Å²) in [5.74, 6) is 6.58. The molecule has 0 N–H and O–H groups in total. The van der Waals surface area contributed by atoms with Gasteiger partial charge in [0.05, 0.1) is 6.54 Å². The smallest absolute Gasteiger partial charge is 0.254 e. The molecule has 27 heavy (non-hydrogen) atoms. The van der Waals surface area contributed by atoms with E-state index in [9.17, 15) is 4.79 Å². The third-order valence-electron chi connectivity index (χ3n) is 3.96. The summed E-state index contributed by atoms with van der Waals surface area (Å²) < 4.78 is 1.78. The average molecular weight is 358 g/mol. The summed E-state index contributed by atoms with van der Waals surface area (Å²) in [6, 6.07) is 17.3. The van der Waals surface area contributed by atoms with Crippen molar-refractivity contribution in [2.75, 3.05) is 13.1 Å². The Balaban J connectivity index is 1.79. The molecular weight excluding hydrogens is 336 g/mol. The van der Waals surface area contributed by atoms with E-state index in [0.717, 1.165) is 11.3 Å². The molecule has 0 aliphatic carbocycles. The zero-order valence-corrected chi connectivity index (χ0v) is 15.5. The highest BCUT2D eigenvalue weighted by atomic mass is 16.2. The maximum absolute atomic E-state index is 13.1. The second kappa shape index (κ2) is 8.81. The van der Waals surface area contributed by atoms with Crippen molar-refractivity contribution in [2.45, 2.75) is 13.8 Å². The highest BCUT2D eigenvalue weighted by molar-refractivity contribution is 5.95. The van der Waals surface area contributed by atoms with Crippen LogP contribution in [-0.2, 0) is 0 Å². The predicted octanol–water partition coefficient (Wildman–Crippen LogP) is 3.42. The standard InChI is InChI=1S/C22H22N4O/c1-18(2)15-25(13-7-10-19-8-4-3-5-9-19)22(27)20-11-6-12-21(14-20)26-16-23-24-17-26/h3-6,8-9,11-12,14,16-18H,13,15H2,1-2H3. The summed E-state index contributed by atoms with van der Waals surface area (Å²) in [5.41, 5.74) is 2.43. The maximum atomic E-state index is 13.1. The Bertz CT molecular complexity index is 937. The summed E-state index contributed by atoms with van der Waals surface area (Å²) in [7, 11) is 0. The first-order valence-corrected chi connectivity index (χ1v) is 8.92. The lowest BCUT2D eigenvalue weighted by atomic mass is 10.1. The zero-order chi connectivity index (χ0) is 19.1. The van der Waals surface area contributed by atoms with E-state index in [1.807, 2.05) is 54.6 Å². The van der Waals surface area contributed by atoms with Crippen LogP contribution in [0.4, 0.5) is 0 Å². The number of rotatable bonds is 5. The number of nitrogens with zero attached hydrogens (tertiary/aromatic N) is 4. The van der Waals surface area contributed by atoms with Crippen LogP contribution in [0.2, 0.25) is 0 Å². The monoisotopic (exact) mass is 358 g/mol. The van der Waals surface area contributed by atoms with Gasteiger partial charge < -0.3 is 4.90 Å². The van der Waals surface area contributed by atoms with Gasteiger partial charge >= 0.3 is 0 Å². The van der Waals surface area contributed by atoms with Crippen molar-refractivity contribution in [3.8, 4) is 17.5 Å². The molecule has 0 radical (unpaired) electrons. The van der Waals surface area contributed by atoms with Gasteiger partial charge in [0.15, 0.2) is 0 Å². The largest absolute Gasteiger partial charge is 0.327 e. The Morgan fingerprint density at radius 1 is 1.07 bits per heavy atom. The van der Waals surface area contributed by atoms with Crippen LogP contribution in [0.5, 0.6) is 0 Å². The lowest BCUT2D eigenvalue weighted by Gasteiger charge is -2.22. The lowest BCUT2D eigenvalue weighted by molar-refractivity contribution is 0.0759. The molecule has 3 rings (SSSR count). The highest BCUT2D eigenvalue weighted by Crippen LogP contribution is 2.13. The van der Waals surface area contributed by atoms with Crippen molar-refractivity contribution in [2.24, 2.45) is 5.92 Å². The molecular formula is C22H22N4O. The molecule has 0 unspecified atom stereocenters. The number of hydrogen-bond donors (Lipinski definition) is 0. The Hall–Kier alpha value is -3.39. The zero-order valence-electron chi connectivity index (χ0n) is 15.5. The molecule has 1 amide bonds. The van der Waals surface area contributed by atoms with Crippen molar-refractivity contribution in [1.29, 1.82) is 0 Å². The number of carbonyl (C=O) groups is 1. The normalized spacial score (nSPS) is 10.3. The van der Waals surface area contributed by atoms with Crippen molar-refractivity contribution in [1.82, 2.24) is 19.7 Å². The number of aromatic nitrogens is 3. The topological polar surface area (TPSA) is 51.0 Å². The quantitative estimate of drug-likeness (QED) is 0.657. The summed E-state index contributed by atoms with van der Waals surface area (Å²) in [5, 5.41) is 7.63. The Labute approximate surface area is 159 Å². The van der Waals surface area contributed by atoms with E-state index in [1.54, 1.807) is 22.1 Å². The molecule has 136 valence electrons. The van der Waals surface area contributed by atoms with Gasteiger partial charge in [0, 0.05) is 23.4 Å². The van der Waals surface area contributed by atoms with Gasteiger partial charge in [-0.05, 0) is 36.2 Å². The van der Waals surface area contributed by atoms with Crippen LogP contribution in [0.1, 0.15) is 29.8 Å². The summed E-state index contributed by atoms with van der Waals surface area (Å²) >= 11 is 0. The Morgan fingerprint density at radius 2 is 1.81 bits per heavy atom. The van der Waals surface area contributed by atoms with E-state index >= 15 is 0 Å². The molecule has 5 heteroatoms. The second-order valence-electron chi connectivity index (χ2n) is 6.67. The van der Waals surface area contributed by atoms with Gasteiger partial charge in [-0.25, -0.2) is 0 Å². The van der Waals surface area contributed by atoms with Crippen molar-refractivity contribution < 1.29 is 4.79 Å². The van der Waals surface area contributed by atoms with Gasteiger partial charge in [0.2, 0.25) is 0 Å². The summed E-state index contributed by atoms with van der Waals surface area (Å²) in [6.07, 6.45) is 3.22. The molecule has 0 atom stereocenters. The molecule has 0 aliphatic heterocycles. The fourth-order valence-electron chi connectivity index (χ4n) is 2.73.